The maximum absolute atomic E-state index is 12.3. The van der Waals surface area contributed by atoms with E-state index in [1.807, 2.05) is 18.2 Å². The van der Waals surface area contributed by atoms with Gasteiger partial charge in [-0.2, -0.15) is 0 Å². The predicted octanol–water partition coefficient (Wildman–Crippen LogP) is 2.18. The maximum Gasteiger partial charge on any atom is 0.249 e. The number of carbonyl (C=O) groups is 1. The Morgan fingerprint density at radius 2 is 1.95 bits per heavy atom. The molecule has 1 saturated heterocycles. The molecule has 1 aromatic carbocycles. The van der Waals surface area contributed by atoms with Crippen LogP contribution >= 0.6 is 12.4 Å². The SMILES string of the molecule is Cl.NC[C@H]1CC[C@@H](C(=O)NC(c2ccccc2)C2CC2)O1. The van der Waals surface area contributed by atoms with Crippen molar-refractivity contribution in [3.8, 4) is 0 Å². The van der Waals surface area contributed by atoms with Crippen molar-refractivity contribution < 1.29 is 9.53 Å². The van der Waals surface area contributed by atoms with Gasteiger partial charge >= 0.3 is 0 Å². The first-order valence-corrected chi connectivity index (χ1v) is 7.49. The minimum absolute atomic E-state index is 0. The van der Waals surface area contributed by atoms with Crippen molar-refractivity contribution in [2.75, 3.05) is 6.54 Å². The minimum atomic E-state index is -0.325. The normalized spacial score (nSPS) is 26.0. The molecular weight excluding hydrogens is 288 g/mol. The summed E-state index contributed by atoms with van der Waals surface area (Å²) in [4.78, 5) is 12.3. The highest BCUT2D eigenvalue weighted by Crippen LogP contribution is 2.41. The van der Waals surface area contributed by atoms with Crippen LogP contribution in [0.15, 0.2) is 30.3 Å². The highest BCUT2D eigenvalue weighted by Gasteiger charge is 2.36. The molecule has 3 N–H and O–H groups in total. The van der Waals surface area contributed by atoms with Crippen LogP contribution in [0.5, 0.6) is 0 Å². The molecule has 1 amide bonds. The van der Waals surface area contributed by atoms with Crippen LogP contribution in [0, 0.1) is 5.92 Å². The summed E-state index contributed by atoms with van der Waals surface area (Å²) >= 11 is 0. The topological polar surface area (TPSA) is 64.4 Å². The number of amides is 1. The van der Waals surface area contributed by atoms with E-state index >= 15 is 0 Å². The molecule has 1 heterocycles. The average molecular weight is 311 g/mol. The quantitative estimate of drug-likeness (QED) is 0.876. The van der Waals surface area contributed by atoms with Gasteiger partial charge in [0.05, 0.1) is 12.1 Å². The average Bonchev–Trinajstić information content (AvgIpc) is 3.21. The molecule has 4 nitrogen and oxygen atoms in total. The summed E-state index contributed by atoms with van der Waals surface area (Å²) in [5.74, 6) is 0.592. The Labute approximate surface area is 131 Å². The van der Waals surface area contributed by atoms with Crippen molar-refractivity contribution in [3.63, 3.8) is 0 Å². The van der Waals surface area contributed by atoms with E-state index in [0.29, 0.717) is 12.5 Å². The second-order valence-electron chi connectivity index (χ2n) is 5.79. The Balaban J connectivity index is 0.00000161. The number of hydrogen-bond acceptors (Lipinski definition) is 3. The van der Waals surface area contributed by atoms with Gasteiger partial charge in [-0.25, -0.2) is 0 Å². The lowest BCUT2D eigenvalue weighted by atomic mass is 10.0. The van der Waals surface area contributed by atoms with Gasteiger partial charge in [-0.1, -0.05) is 30.3 Å². The molecule has 3 rings (SSSR count). The lowest BCUT2D eigenvalue weighted by Crippen LogP contribution is -2.38. The van der Waals surface area contributed by atoms with Crippen LogP contribution < -0.4 is 11.1 Å². The van der Waals surface area contributed by atoms with E-state index in [0.717, 1.165) is 12.8 Å². The highest BCUT2D eigenvalue weighted by molar-refractivity contribution is 5.85. The standard InChI is InChI=1S/C16H22N2O2.ClH/c17-10-13-8-9-14(20-13)16(19)18-15(12-6-7-12)11-4-2-1-3-5-11;/h1-5,12-15H,6-10,17H2,(H,18,19);1H/t13-,14+,15?;/m1./s1. The van der Waals surface area contributed by atoms with Crippen LogP contribution in [-0.4, -0.2) is 24.7 Å². The molecule has 0 spiro atoms. The molecule has 1 aromatic rings. The summed E-state index contributed by atoms with van der Waals surface area (Å²) in [5, 5.41) is 3.18. The Hall–Kier alpha value is -1.10. The highest BCUT2D eigenvalue weighted by atomic mass is 35.5. The molecule has 1 unspecified atom stereocenters. The first-order valence-electron chi connectivity index (χ1n) is 7.49. The van der Waals surface area contributed by atoms with Gasteiger partial charge in [0, 0.05) is 6.54 Å². The van der Waals surface area contributed by atoms with Crippen molar-refractivity contribution in [1.29, 1.82) is 0 Å². The molecule has 0 bridgehead atoms. The number of halogens is 1. The fourth-order valence-corrected chi connectivity index (χ4v) is 2.88. The van der Waals surface area contributed by atoms with E-state index in [4.69, 9.17) is 10.5 Å². The zero-order valence-corrected chi connectivity index (χ0v) is 12.9. The number of nitrogens with one attached hydrogen (secondary N) is 1. The first-order chi connectivity index (χ1) is 9.78. The molecule has 116 valence electrons. The van der Waals surface area contributed by atoms with Gasteiger partial charge in [0.1, 0.15) is 6.10 Å². The minimum Gasteiger partial charge on any atom is -0.364 e. The lowest BCUT2D eigenvalue weighted by molar-refractivity contribution is -0.132. The van der Waals surface area contributed by atoms with Gasteiger partial charge in [-0.15, -0.1) is 12.4 Å². The molecular formula is C16H23ClN2O2. The predicted molar refractivity (Wildman–Crippen MR) is 84.2 cm³/mol. The molecule has 5 heteroatoms. The van der Waals surface area contributed by atoms with Crippen LogP contribution in [0.3, 0.4) is 0 Å². The Morgan fingerprint density at radius 1 is 1.24 bits per heavy atom. The lowest BCUT2D eigenvalue weighted by Gasteiger charge is -2.21. The van der Waals surface area contributed by atoms with E-state index in [1.165, 1.54) is 18.4 Å². The van der Waals surface area contributed by atoms with E-state index in [-0.39, 0.29) is 36.6 Å². The third-order valence-electron chi connectivity index (χ3n) is 4.21. The molecule has 1 aliphatic carbocycles. The van der Waals surface area contributed by atoms with Crippen LogP contribution in [0.25, 0.3) is 0 Å². The number of nitrogens with two attached hydrogens (primary N) is 1. The van der Waals surface area contributed by atoms with Crippen molar-refractivity contribution >= 4 is 18.3 Å². The smallest absolute Gasteiger partial charge is 0.249 e. The summed E-state index contributed by atoms with van der Waals surface area (Å²) in [6, 6.07) is 10.3. The Bertz CT molecular complexity index is 465. The summed E-state index contributed by atoms with van der Waals surface area (Å²) in [5.41, 5.74) is 6.78. The first kappa shape index (κ1) is 16.3. The monoisotopic (exact) mass is 310 g/mol. The van der Waals surface area contributed by atoms with Gasteiger partial charge in [0.2, 0.25) is 5.91 Å². The summed E-state index contributed by atoms with van der Waals surface area (Å²) < 4.78 is 5.67. The number of hydrogen-bond donors (Lipinski definition) is 2. The largest absolute Gasteiger partial charge is 0.364 e. The van der Waals surface area contributed by atoms with Crippen LogP contribution in [0.4, 0.5) is 0 Å². The molecule has 0 aromatic heterocycles. The van der Waals surface area contributed by atoms with Crippen LogP contribution in [0.1, 0.15) is 37.3 Å². The molecule has 2 fully saturated rings. The van der Waals surface area contributed by atoms with Gasteiger partial charge in [-0.3, -0.25) is 4.79 Å². The Morgan fingerprint density at radius 3 is 2.52 bits per heavy atom. The number of benzene rings is 1. The van der Waals surface area contributed by atoms with Gasteiger partial charge in [0.25, 0.3) is 0 Å². The zero-order chi connectivity index (χ0) is 13.9. The van der Waals surface area contributed by atoms with Crippen molar-refractivity contribution in [3.05, 3.63) is 35.9 Å². The zero-order valence-electron chi connectivity index (χ0n) is 12.0. The van der Waals surface area contributed by atoms with Crippen LogP contribution in [-0.2, 0) is 9.53 Å². The van der Waals surface area contributed by atoms with Crippen molar-refractivity contribution in [2.24, 2.45) is 11.7 Å². The Kier molecular flexibility index (Phi) is 5.62. The van der Waals surface area contributed by atoms with E-state index in [2.05, 4.69) is 17.4 Å². The number of ether oxygens (including phenoxy) is 1. The fourth-order valence-electron chi connectivity index (χ4n) is 2.88. The third-order valence-corrected chi connectivity index (χ3v) is 4.21. The molecule has 1 aliphatic heterocycles. The molecule has 2 aliphatic rings. The maximum atomic E-state index is 12.3. The summed E-state index contributed by atoms with van der Waals surface area (Å²) in [7, 11) is 0. The molecule has 1 saturated carbocycles. The van der Waals surface area contributed by atoms with Crippen molar-refractivity contribution in [2.45, 2.75) is 43.9 Å². The van der Waals surface area contributed by atoms with Crippen molar-refractivity contribution in [1.82, 2.24) is 5.32 Å². The number of carbonyl (C=O) groups excluding carboxylic acids is 1. The van der Waals surface area contributed by atoms with E-state index < -0.39 is 0 Å². The van der Waals surface area contributed by atoms with Gasteiger partial charge < -0.3 is 15.8 Å². The second kappa shape index (κ2) is 7.25. The van der Waals surface area contributed by atoms with Gasteiger partial charge in [0.15, 0.2) is 0 Å². The summed E-state index contributed by atoms with van der Waals surface area (Å²) in [6.45, 7) is 0.495. The molecule has 0 radical (unpaired) electrons. The van der Waals surface area contributed by atoms with Gasteiger partial charge in [-0.05, 0) is 37.2 Å². The van der Waals surface area contributed by atoms with Crippen LogP contribution in [0.2, 0.25) is 0 Å². The second-order valence-corrected chi connectivity index (χ2v) is 5.79. The fraction of sp³-hybridized carbons (Fsp3) is 0.562. The molecule has 21 heavy (non-hydrogen) atoms. The molecule has 3 atom stereocenters. The van der Waals surface area contributed by atoms with E-state index in [1.54, 1.807) is 0 Å². The third kappa shape index (κ3) is 3.96. The number of rotatable bonds is 5. The van der Waals surface area contributed by atoms with E-state index in [9.17, 15) is 4.79 Å². The summed E-state index contributed by atoms with van der Waals surface area (Å²) in [6.07, 6.45) is 3.76.